The number of methoxy groups -OCH3 is 2. The molecular weight excluding hydrogens is 1620 g/mol. The largest absolute Gasteiger partial charge is 0.508 e. The van der Waals surface area contributed by atoms with E-state index in [1.165, 1.54) is 85.0 Å². The molecule has 13 N–H and O–H groups in total. The Labute approximate surface area is 735 Å². The Kier molecular flexibility index (Phi) is 39.0. The second kappa shape index (κ2) is 49.7. The number of aromatic hydroxyl groups is 3. The van der Waals surface area contributed by atoms with Crippen LogP contribution < -0.4 is 36.9 Å². The molecule has 0 fully saturated rings. The number of carboxylic acids is 3. The molecule has 127 heavy (non-hydrogen) atoms. The van der Waals surface area contributed by atoms with Gasteiger partial charge in [-0.2, -0.15) is 15.8 Å². The fourth-order valence-corrected chi connectivity index (χ4v) is 11.8. The van der Waals surface area contributed by atoms with Crippen molar-refractivity contribution in [3.05, 3.63) is 319 Å². The van der Waals surface area contributed by atoms with E-state index in [2.05, 4.69) is 16.0 Å². The van der Waals surface area contributed by atoms with Gasteiger partial charge in [-0.15, -0.1) is 0 Å². The average molecular weight is 1720 g/mol. The van der Waals surface area contributed by atoms with E-state index in [0.717, 1.165) is 52.2 Å². The smallest absolute Gasteiger partial charge is 0.339 e. The van der Waals surface area contributed by atoms with Crippen molar-refractivity contribution in [2.75, 3.05) is 35.9 Å². The number of ether oxygens (including phenoxy) is 2. The molecule has 0 saturated carbocycles. The minimum atomic E-state index is -1.42. The molecule has 0 aliphatic carbocycles. The van der Waals surface area contributed by atoms with E-state index in [1.807, 2.05) is 125 Å². The lowest BCUT2D eigenvalue weighted by atomic mass is 9.94. The second-order valence-corrected chi connectivity index (χ2v) is 29.4. The van der Waals surface area contributed by atoms with E-state index in [9.17, 15) is 78.4 Å². The summed E-state index contributed by atoms with van der Waals surface area (Å²) in [6.07, 6.45) is 5.54. The number of carbonyl (C=O) groups is 11. The molecule has 0 unspecified atom stereocenters. The molecule has 652 valence electrons. The summed E-state index contributed by atoms with van der Waals surface area (Å²) in [6.45, 7) is 13.1. The van der Waals surface area contributed by atoms with E-state index in [4.69, 9.17) is 41.7 Å². The lowest BCUT2D eigenvalue weighted by Gasteiger charge is -2.16. The van der Waals surface area contributed by atoms with E-state index >= 15 is 0 Å². The number of phenolic OH excluding ortho intramolecular Hbond substituents is 2. The monoisotopic (exact) mass is 1710 g/mol. The van der Waals surface area contributed by atoms with Crippen LogP contribution in [0.25, 0.3) is 18.2 Å². The highest BCUT2D eigenvalue weighted by Gasteiger charge is 2.27. The number of ketones is 5. The van der Waals surface area contributed by atoms with Gasteiger partial charge < -0.3 is 67.5 Å². The van der Waals surface area contributed by atoms with Crippen molar-refractivity contribution in [2.24, 2.45) is 17.6 Å². The second-order valence-electron chi connectivity index (χ2n) is 29.4. The number of nitrogens with two attached hydrogens (primary N) is 2. The number of nitriles is 3. The molecule has 0 spiro atoms. The lowest BCUT2D eigenvalue weighted by molar-refractivity contribution is -0.141. The minimum absolute atomic E-state index is 0.00803. The SMILES string of the molecule is C/C(=C\c1ccc(C)cc1)C(=O)Cc1ccc(C(=O)C[C@@H](CC#N)C(=O)O)cc1.C/C(=C\c1ccc(C)cc1)C(=O)Cc1ccc(C(=O)O)cc1.COc1c(NC(=O)c2ccc(NC(=O)c3ccc(NC(=O)[C@H](CC#N)CC(=O)c4ccc(CC(=O)/C(C)=C/c5ccc(O)cc5)cc4)cc3)c(OC)c2O)ccc(C(=O)O)c1O.C[C@@H](N)CC#N.Cc1ccc(N)cc1. The van der Waals surface area contributed by atoms with Crippen LogP contribution >= 0.6 is 0 Å². The van der Waals surface area contributed by atoms with E-state index < -0.39 is 64.5 Å². The third-order valence-electron chi connectivity index (χ3n) is 19.2. The molecule has 0 radical (unpaired) electrons. The van der Waals surface area contributed by atoms with Crippen LogP contribution in [0.5, 0.6) is 28.7 Å². The molecular formula is C100H98N8O19. The van der Waals surface area contributed by atoms with Crippen molar-refractivity contribution >= 4 is 106 Å². The number of aromatic carboxylic acids is 2. The van der Waals surface area contributed by atoms with E-state index in [-0.39, 0.29) is 131 Å². The van der Waals surface area contributed by atoms with Crippen LogP contribution in [0, 0.1) is 66.6 Å². The van der Waals surface area contributed by atoms with Crippen LogP contribution in [0.15, 0.2) is 235 Å². The van der Waals surface area contributed by atoms with Crippen LogP contribution in [0.2, 0.25) is 0 Å². The molecule has 27 heteroatoms. The maximum Gasteiger partial charge on any atom is 0.339 e. The zero-order chi connectivity index (χ0) is 93.6. The van der Waals surface area contributed by atoms with Crippen LogP contribution in [0.4, 0.5) is 22.7 Å². The van der Waals surface area contributed by atoms with Gasteiger partial charge in [-0.25, -0.2) is 9.59 Å². The van der Waals surface area contributed by atoms with E-state index in [1.54, 1.807) is 106 Å². The van der Waals surface area contributed by atoms with Crippen molar-refractivity contribution in [3.8, 4) is 47.0 Å². The summed E-state index contributed by atoms with van der Waals surface area (Å²) in [4.78, 5) is 136. The number of benzene rings is 10. The fraction of sp³-hybridized carbons (Fsp3) is 0.200. The normalized spacial score (nSPS) is 11.4. The number of nitrogen functional groups attached to an aromatic ring is 1. The summed E-state index contributed by atoms with van der Waals surface area (Å²) < 4.78 is 10.3. The number of anilines is 4. The number of hydrogen-bond donors (Lipinski definition) is 11. The minimum Gasteiger partial charge on any atom is -0.508 e. The highest BCUT2D eigenvalue weighted by Crippen LogP contribution is 2.41. The van der Waals surface area contributed by atoms with Gasteiger partial charge in [-0.3, -0.25) is 43.2 Å². The Balaban J connectivity index is 0.000000311. The van der Waals surface area contributed by atoms with Gasteiger partial charge in [0.2, 0.25) is 5.91 Å². The Morgan fingerprint density at radius 1 is 0.409 bits per heavy atom. The molecule has 3 atom stereocenters. The number of carbonyl (C=O) groups excluding carboxylic acids is 8. The number of nitrogens with one attached hydrogen (secondary N) is 3. The Morgan fingerprint density at radius 3 is 1.11 bits per heavy atom. The first-order valence-corrected chi connectivity index (χ1v) is 39.6. The van der Waals surface area contributed by atoms with Crippen LogP contribution in [-0.2, 0) is 43.2 Å². The number of aryl methyl sites for hydroxylation is 3. The van der Waals surface area contributed by atoms with Crippen LogP contribution in [-0.4, -0.2) is 115 Å². The lowest BCUT2D eigenvalue weighted by Crippen LogP contribution is -2.25. The van der Waals surface area contributed by atoms with Crippen LogP contribution in [0.1, 0.15) is 172 Å². The zero-order valence-electron chi connectivity index (χ0n) is 71.4. The summed E-state index contributed by atoms with van der Waals surface area (Å²) in [6, 6.07) is 65.7. The Hall–Kier alpha value is -16.2. The number of phenols is 3. The van der Waals surface area contributed by atoms with Gasteiger partial charge in [-0.1, -0.05) is 150 Å². The first-order chi connectivity index (χ1) is 60.4. The quantitative estimate of drug-likeness (QED) is 0.0106. The molecule has 0 saturated heterocycles. The molecule has 0 aliphatic rings. The Morgan fingerprint density at radius 2 is 0.756 bits per heavy atom. The number of nitrogens with zero attached hydrogens (tertiary/aromatic N) is 3. The zero-order valence-corrected chi connectivity index (χ0v) is 71.4. The fourth-order valence-electron chi connectivity index (χ4n) is 11.8. The summed E-state index contributed by atoms with van der Waals surface area (Å²) in [5, 5.41) is 91.6. The molecule has 0 aromatic heterocycles. The van der Waals surface area contributed by atoms with Crippen molar-refractivity contribution in [3.63, 3.8) is 0 Å². The number of aliphatic carboxylic acids is 1. The Bertz CT molecular complexity index is 5800. The number of allylic oxidation sites excluding steroid dienone is 3. The number of Topliss-reactive ketones (excluding diaryl/α,β-unsaturated/α-hetero) is 5. The van der Waals surface area contributed by atoms with Crippen molar-refractivity contribution in [1.82, 2.24) is 0 Å². The molecule has 0 bridgehead atoms. The van der Waals surface area contributed by atoms with Gasteiger partial charge in [0.25, 0.3) is 11.8 Å². The maximum absolute atomic E-state index is 13.2. The van der Waals surface area contributed by atoms with Gasteiger partial charge >= 0.3 is 17.9 Å². The molecule has 10 aromatic rings. The first kappa shape index (κ1) is 99.6. The van der Waals surface area contributed by atoms with Gasteiger partial charge in [0.15, 0.2) is 51.9 Å². The van der Waals surface area contributed by atoms with Gasteiger partial charge in [0.05, 0.1) is 66.8 Å². The third kappa shape index (κ3) is 32.3. The highest BCUT2D eigenvalue weighted by atomic mass is 16.5. The first-order valence-electron chi connectivity index (χ1n) is 39.6. The molecule has 10 rings (SSSR count). The van der Waals surface area contributed by atoms with Gasteiger partial charge in [0, 0.05) is 85.5 Å². The molecule has 3 amide bonds. The topological polar surface area (TPSA) is 487 Å². The maximum atomic E-state index is 13.2. The summed E-state index contributed by atoms with van der Waals surface area (Å²) in [5.41, 5.74) is 22.3. The standard InChI is InChI=1S/C46H40N4O12.C24H23NO4.C19H18O3.C7H9N.C4H8N2/c1-25(22-26-6-14-32(51)15-7-26)37(52)23-27-4-8-28(9-5-27)38(53)24-30(20-21-47)44(57)48-31-12-10-29(11-13-31)43(56)49-35-18-16-33(39(54)41(35)61-2)45(58)50-36-19-17-34(46(59)60)40(55)42(36)62-3;1-16-3-5-18(6-4-16)13-17(2)22(26)14-19-7-9-20(10-8-19)23(27)15-21(11-12-25)24(28)29;1-13-3-5-15(6-4-13)11-14(2)18(20)12-16-7-9-17(10-8-16)19(21)22;1-6-2-4-7(8)5-3-6;1-4(6)2-3-5/h4-19,22,30,51,54-55H,20,23-24H2,1-3H3,(H,48,57)(H,49,56)(H,50,58)(H,59,60);3-10,13,21H,11,14-15H2,1-2H3,(H,28,29);3-11H,12H2,1-2H3,(H,21,22);2-5H,8H2,1H3;4H,2,6H2,1H3/b25-22+;17-13+;14-11+;;/t30-;21-;;;4-/m11..1/s1. The predicted octanol–water partition coefficient (Wildman–Crippen LogP) is 17.1. The third-order valence-corrected chi connectivity index (χ3v) is 19.2. The molecule has 0 aliphatic heterocycles. The summed E-state index contributed by atoms with van der Waals surface area (Å²) in [7, 11) is 2.36. The van der Waals surface area contributed by atoms with Crippen molar-refractivity contribution in [1.29, 1.82) is 15.8 Å². The number of hydrogen-bond acceptors (Lipinski definition) is 21. The number of carboxylic acid groups (broad SMARTS) is 3. The molecule has 27 nitrogen and oxygen atoms in total. The van der Waals surface area contributed by atoms with E-state index in [0.29, 0.717) is 39.8 Å². The van der Waals surface area contributed by atoms with Crippen molar-refractivity contribution < 1.29 is 92.9 Å². The van der Waals surface area contributed by atoms with Gasteiger partial charge in [-0.05, 0) is 202 Å². The number of rotatable bonds is 32. The molecule has 10 aromatic carbocycles. The highest BCUT2D eigenvalue weighted by molar-refractivity contribution is 6.11. The van der Waals surface area contributed by atoms with Crippen molar-refractivity contribution in [2.45, 2.75) is 106 Å². The summed E-state index contributed by atoms with van der Waals surface area (Å²) in [5.74, 6) is -10.3. The summed E-state index contributed by atoms with van der Waals surface area (Å²) >= 11 is 0. The average Bonchev–Trinajstić information content (AvgIpc) is 0.876. The van der Waals surface area contributed by atoms with Crippen LogP contribution in [0.3, 0.4) is 0 Å². The number of amides is 3. The molecule has 0 heterocycles. The van der Waals surface area contributed by atoms with Gasteiger partial charge in [0.1, 0.15) is 11.3 Å². The predicted molar refractivity (Wildman–Crippen MR) is 484 cm³/mol.